The topological polar surface area (TPSA) is 49.6 Å². The second-order valence-corrected chi connectivity index (χ2v) is 5.65. The molecular formula is C16H17N3O2. The van der Waals surface area contributed by atoms with Crippen LogP contribution >= 0.6 is 0 Å². The van der Waals surface area contributed by atoms with Gasteiger partial charge in [0.25, 0.3) is 0 Å². The van der Waals surface area contributed by atoms with Crippen molar-refractivity contribution in [1.29, 1.82) is 0 Å². The maximum absolute atomic E-state index is 12.4. The number of nitrogens with zero attached hydrogens (tertiary/aromatic N) is 3. The third-order valence-corrected chi connectivity index (χ3v) is 4.47. The Morgan fingerprint density at radius 1 is 1.29 bits per heavy atom. The molecule has 0 saturated carbocycles. The average molecular weight is 283 g/mol. The number of hydrogen-bond donors (Lipinski definition) is 0. The summed E-state index contributed by atoms with van der Waals surface area (Å²) in [5.74, 6) is 1.16. The summed E-state index contributed by atoms with van der Waals surface area (Å²) < 4.78 is 5.43. The van der Waals surface area contributed by atoms with Crippen LogP contribution in [0.4, 0.5) is 5.69 Å². The highest BCUT2D eigenvalue weighted by Gasteiger charge is 2.47. The summed E-state index contributed by atoms with van der Waals surface area (Å²) in [7, 11) is 0. The Kier molecular flexibility index (Phi) is 3.00. The van der Waals surface area contributed by atoms with Crippen LogP contribution in [0, 0.1) is 0 Å². The molecule has 5 nitrogen and oxygen atoms in total. The van der Waals surface area contributed by atoms with Crippen molar-refractivity contribution >= 4 is 11.6 Å². The molecule has 2 aliphatic heterocycles. The zero-order valence-electron chi connectivity index (χ0n) is 11.7. The quantitative estimate of drug-likeness (QED) is 0.865. The maximum atomic E-state index is 12.4. The Bertz CT molecular complexity index is 626. The highest BCUT2D eigenvalue weighted by Crippen LogP contribution is 2.36. The molecule has 5 heteroatoms. The molecule has 2 fully saturated rings. The largest absolute Gasteiger partial charge is 0.468 e. The normalized spacial score (nSPS) is 25.5. The van der Waals surface area contributed by atoms with E-state index in [4.69, 9.17) is 4.42 Å². The molecule has 0 aromatic carbocycles. The predicted octanol–water partition coefficient (Wildman–Crippen LogP) is 2.05. The van der Waals surface area contributed by atoms with Crippen LogP contribution in [0.5, 0.6) is 0 Å². The minimum absolute atomic E-state index is 0.196. The van der Waals surface area contributed by atoms with Crippen LogP contribution in [0.2, 0.25) is 0 Å². The maximum Gasteiger partial charge on any atom is 0.229 e. The van der Waals surface area contributed by atoms with E-state index >= 15 is 0 Å². The van der Waals surface area contributed by atoms with Gasteiger partial charge in [-0.2, -0.15) is 0 Å². The number of furan rings is 1. The van der Waals surface area contributed by atoms with Gasteiger partial charge in [0, 0.05) is 25.2 Å². The zero-order chi connectivity index (χ0) is 14.2. The first kappa shape index (κ1) is 12.6. The van der Waals surface area contributed by atoms with Crippen LogP contribution in [-0.4, -0.2) is 34.4 Å². The number of amides is 1. The van der Waals surface area contributed by atoms with Gasteiger partial charge in [0.15, 0.2) is 0 Å². The number of fused-ring (bicyclic) bond motifs is 1. The van der Waals surface area contributed by atoms with Gasteiger partial charge in [-0.15, -0.1) is 0 Å². The Balaban J connectivity index is 1.55. The molecule has 0 bridgehead atoms. The summed E-state index contributed by atoms with van der Waals surface area (Å²) in [4.78, 5) is 20.8. The Morgan fingerprint density at radius 3 is 3.00 bits per heavy atom. The monoisotopic (exact) mass is 283 g/mol. The van der Waals surface area contributed by atoms with Gasteiger partial charge < -0.3 is 9.32 Å². The predicted molar refractivity (Wildman–Crippen MR) is 77.7 cm³/mol. The van der Waals surface area contributed by atoms with Crippen LogP contribution in [0.3, 0.4) is 0 Å². The molecule has 0 aliphatic carbocycles. The van der Waals surface area contributed by atoms with Crippen molar-refractivity contribution in [2.75, 3.05) is 11.4 Å². The first-order valence-electron chi connectivity index (χ1n) is 7.31. The van der Waals surface area contributed by atoms with Crippen LogP contribution in [-0.2, 0) is 11.3 Å². The first-order valence-corrected chi connectivity index (χ1v) is 7.31. The number of likely N-dealkylation sites (tertiary alicyclic amines) is 1. The van der Waals surface area contributed by atoms with Crippen molar-refractivity contribution in [2.24, 2.45) is 0 Å². The average Bonchev–Trinajstić information content (AvgIpc) is 3.19. The van der Waals surface area contributed by atoms with E-state index in [2.05, 4.69) is 9.88 Å². The molecule has 4 rings (SSSR count). The molecule has 2 saturated heterocycles. The van der Waals surface area contributed by atoms with Gasteiger partial charge in [-0.05, 0) is 30.7 Å². The van der Waals surface area contributed by atoms with E-state index in [1.54, 1.807) is 18.7 Å². The van der Waals surface area contributed by atoms with Gasteiger partial charge in [-0.1, -0.05) is 0 Å². The second kappa shape index (κ2) is 5.00. The molecule has 108 valence electrons. The number of carbonyl (C=O) groups is 1. The molecule has 1 amide bonds. The lowest BCUT2D eigenvalue weighted by atomic mass is 10.1. The van der Waals surface area contributed by atoms with E-state index in [1.807, 2.05) is 29.2 Å². The lowest BCUT2D eigenvalue weighted by Gasteiger charge is -2.24. The van der Waals surface area contributed by atoms with Crippen LogP contribution < -0.4 is 4.90 Å². The number of pyridine rings is 1. The van der Waals surface area contributed by atoms with Crippen molar-refractivity contribution in [3.05, 3.63) is 48.7 Å². The van der Waals surface area contributed by atoms with Gasteiger partial charge >= 0.3 is 0 Å². The van der Waals surface area contributed by atoms with Gasteiger partial charge in [-0.3, -0.25) is 14.7 Å². The van der Waals surface area contributed by atoms with Crippen molar-refractivity contribution in [3.63, 3.8) is 0 Å². The Morgan fingerprint density at radius 2 is 2.24 bits per heavy atom. The summed E-state index contributed by atoms with van der Waals surface area (Å²) in [5, 5.41) is 0. The van der Waals surface area contributed by atoms with Gasteiger partial charge in [0.2, 0.25) is 5.91 Å². The van der Waals surface area contributed by atoms with Crippen LogP contribution in [0.1, 0.15) is 18.6 Å². The number of rotatable bonds is 3. The molecule has 2 atom stereocenters. The third kappa shape index (κ3) is 2.14. The van der Waals surface area contributed by atoms with Crippen LogP contribution in [0.15, 0.2) is 47.3 Å². The van der Waals surface area contributed by atoms with Crippen LogP contribution in [0.25, 0.3) is 0 Å². The molecule has 0 radical (unpaired) electrons. The van der Waals surface area contributed by atoms with E-state index < -0.39 is 0 Å². The van der Waals surface area contributed by atoms with Gasteiger partial charge in [-0.25, -0.2) is 0 Å². The lowest BCUT2D eigenvalue weighted by molar-refractivity contribution is -0.117. The highest BCUT2D eigenvalue weighted by atomic mass is 16.3. The van der Waals surface area contributed by atoms with E-state index in [-0.39, 0.29) is 18.0 Å². The molecule has 2 unspecified atom stereocenters. The minimum atomic E-state index is 0.196. The summed E-state index contributed by atoms with van der Waals surface area (Å²) in [6.45, 7) is 1.78. The number of anilines is 1. The van der Waals surface area contributed by atoms with Crippen molar-refractivity contribution < 1.29 is 9.21 Å². The zero-order valence-corrected chi connectivity index (χ0v) is 11.7. The Labute approximate surface area is 123 Å². The van der Waals surface area contributed by atoms with Crippen molar-refractivity contribution in [3.8, 4) is 0 Å². The van der Waals surface area contributed by atoms with Gasteiger partial charge in [0.1, 0.15) is 5.76 Å². The lowest BCUT2D eigenvalue weighted by Crippen LogP contribution is -2.37. The van der Waals surface area contributed by atoms with Crippen molar-refractivity contribution in [2.45, 2.75) is 31.5 Å². The van der Waals surface area contributed by atoms with E-state index in [0.717, 1.165) is 31.0 Å². The number of carbonyl (C=O) groups excluding carboxylic acids is 1. The smallest absolute Gasteiger partial charge is 0.229 e. The SMILES string of the molecule is O=C1CC2C(CCN2Cc2ccco2)N1c1cccnc1. The summed E-state index contributed by atoms with van der Waals surface area (Å²) in [5.41, 5.74) is 0.912. The molecule has 2 aromatic rings. The Hall–Kier alpha value is -2.14. The number of aromatic nitrogens is 1. The van der Waals surface area contributed by atoms with E-state index in [9.17, 15) is 4.79 Å². The molecule has 2 aliphatic rings. The van der Waals surface area contributed by atoms with Gasteiger partial charge in [0.05, 0.1) is 30.7 Å². The highest BCUT2D eigenvalue weighted by molar-refractivity contribution is 5.97. The fourth-order valence-corrected chi connectivity index (χ4v) is 3.56. The molecular weight excluding hydrogens is 266 g/mol. The minimum Gasteiger partial charge on any atom is -0.468 e. The fourth-order valence-electron chi connectivity index (χ4n) is 3.56. The first-order chi connectivity index (χ1) is 10.3. The second-order valence-electron chi connectivity index (χ2n) is 5.65. The molecule has 0 N–H and O–H groups in total. The molecule has 2 aromatic heterocycles. The van der Waals surface area contributed by atoms with E-state index in [0.29, 0.717) is 6.42 Å². The molecule has 4 heterocycles. The molecule has 0 spiro atoms. The summed E-state index contributed by atoms with van der Waals surface area (Å²) in [6, 6.07) is 8.28. The summed E-state index contributed by atoms with van der Waals surface area (Å²) in [6.07, 6.45) is 6.80. The standard InChI is InChI=1S/C16H17N3O2/c20-16-9-15-14(19(16)12-3-1-6-17-10-12)5-7-18(15)11-13-4-2-8-21-13/h1-4,6,8,10,14-15H,5,7,9,11H2. The van der Waals surface area contributed by atoms with E-state index in [1.165, 1.54) is 0 Å². The fraction of sp³-hybridized carbons (Fsp3) is 0.375. The summed E-state index contributed by atoms with van der Waals surface area (Å²) >= 11 is 0. The molecule has 21 heavy (non-hydrogen) atoms. The third-order valence-electron chi connectivity index (χ3n) is 4.47. The number of hydrogen-bond acceptors (Lipinski definition) is 4. The van der Waals surface area contributed by atoms with Crippen molar-refractivity contribution in [1.82, 2.24) is 9.88 Å².